The Labute approximate surface area is 244 Å². The lowest BCUT2D eigenvalue weighted by molar-refractivity contribution is -0.141. The van der Waals surface area contributed by atoms with Crippen LogP contribution in [-0.4, -0.2) is 72.5 Å². The number of hydrogen-bond acceptors (Lipinski definition) is 5. The number of fused-ring (bicyclic) bond motifs is 1. The highest BCUT2D eigenvalue weighted by Crippen LogP contribution is 2.30. The molecule has 0 bridgehead atoms. The molecule has 9 nitrogen and oxygen atoms in total. The topological polar surface area (TPSA) is 108 Å². The molecule has 0 aliphatic carbocycles. The molecule has 1 aliphatic rings. The van der Waals surface area contributed by atoms with Crippen LogP contribution in [0.15, 0.2) is 30.5 Å². The highest BCUT2D eigenvalue weighted by atomic mass is 35.5. The molecule has 1 saturated heterocycles. The Bertz CT molecular complexity index is 1470. The van der Waals surface area contributed by atoms with Gasteiger partial charge >= 0.3 is 5.97 Å². The summed E-state index contributed by atoms with van der Waals surface area (Å²) in [6.45, 7) is 11.0. The molecule has 0 radical (unpaired) electrons. The number of hydrogen-bond donors (Lipinski definition) is 1. The molecule has 0 saturated carbocycles. The molecule has 11 heteroatoms. The van der Waals surface area contributed by atoms with Gasteiger partial charge < -0.3 is 14.9 Å². The monoisotopic (exact) mass is 585 g/mol. The van der Waals surface area contributed by atoms with Gasteiger partial charge in [-0.1, -0.05) is 32.4 Å². The van der Waals surface area contributed by atoms with Crippen molar-refractivity contribution < 1.29 is 23.9 Å². The third-order valence-electron chi connectivity index (χ3n) is 7.75. The zero-order valence-electron chi connectivity index (χ0n) is 24.2. The van der Waals surface area contributed by atoms with Gasteiger partial charge in [-0.3, -0.25) is 14.4 Å². The van der Waals surface area contributed by atoms with E-state index in [0.29, 0.717) is 55.8 Å². The van der Waals surface area contributed by atoms with Crippen molar-refractivity contribution in [1.82, 2.24) is 24.4 Å². The molecule has 1 aliphatic heterocycles. The van der Waals surface area contributed by atoms with Crippen molar-refractivity contribution in [3.63, 3.8) is 0 Å². The second-order valence-corrected chi connectivity index (χ2v) is 12.0. The van der Waals surface area contributed by atoms with E-state index >= 15 is 0 Å². The fourth-order valence-corrected chi connectivity index (χ4v) is 5.62. The molecule has 41 heavy (non-hydrogen) atoms. The minimum Gasteiger partial charge on any atom is -0.481 e. The van der Waals surface area contributed by atoms with Crippen LogP contribution in [0.2, 0.25) is 5.02 Å². The van der Waals surface area contributed by atoms with E-state index in [2.05, 4.69) is 10.1 Å². The number of imidazole rings is 1. The van der Waals surface area contributed by atoms with E-state index in [1.807, 2.05) is 40.7 Å². The van der Waals surface area contributed by atoms with Crippen molar-refractivity contribution in [2.75, 3.05) is 19.6 Å². The minimum absolute atomic E-state index is 0.00219. The summed E-state index contributed by atoms with van der Waals surface area (Å²) in [5.74, 6) is -1.78. The van der Waals surface area contributed by atoms with E-state index in [9.17, 15) is 18.8 Å². The van der Waals surface area contributed by atoms with Crippen molar-refractivity contribution in [3.05, 3.63) is 52.6 Å². The van der Waals surface area contributed by atoms with Gasteiger partial charge in [0.1, 0.15) is 11.5 Å². The molecule has 2 aromatic heterocycles. The summed E-state index contributed by atoms with van der Waals surface area (Å²) < 4.78 is 15.3. The average molecular weight is 586 g/mol. The molecular weight excluding hydrogens is 549 g/mol. The van der Waals surface area contributed by atoms with E-state index in [1.54, 1.807) is 26.6 Å². The van der Waals surface area contributed by atoms with Crippen LogP contribution in [0.5, 0.6) is 0 Å². The van der Waals surface area contributed by atoms with Crippen LogP contribution in [-0.2, 0) is 9.59 Å². The SMILES string of the molecule is CCC(CCCC(=O)O)C(=O)N1CCN(C(=O)c2cn3nc(-c4ccc(F)c(Cl)c4)cc(C(C)C)c3n2)C(C)(C)C1. The number of carboxylic acid groups (broad SMARTS) is 1. The molecule has 1 aromatic carbocycles. The van der Waals surface area contributed by atoms with Crippen LogP contribution in [0.1, 0.15) is 82.3 Å². The third-order valence-corrected chi connectivity index (χ3v) is 8.04. The predicted molar refractivity (Wildman–Crippen MR) is 154 cm³/mol. The summed E-state index contributed by atoms with van der Waals surface area (Å²) >= 11 is 6.01. The zero-order valence-corrected chi connectivity index (χ0v) is 24.9. The number of nitrogens with zero attached hydrogens (tertiary/aromatic N) is 5. The molecule has 1 fully saturated rings. The van der Waals surface area contributed by atoms with Gasteiger partial charge in [0, 0.05) is 43.1 Å². The van der Waals surface area contributed by atoms with Gasteiger partial charge in [0.15, 0.2) is 5.65 Å². The largest absolute Gasteiger partial charge is 0.481 e. The summed E-state index contributed by atoms with van der Waals surface area (Å²) in [6, 6.07) is 6.32. The quantitative estimate of drug-likeness (QED) is 0.347. The van der Waals surface area contributed by atoms with E-state index in [4.69, 9.17) is 16.7 Å². The maximum atomic E-state index is 13.8. The lowest BCUT2D eigenvalue weighted by Gasteiger charge is -2.47. The van der Waals surface area contributed by atoms with Gasteiger partial charge in [-0.15, -0.1) is 0 Å². The molecule has 3 heterocycles. The van der Waals surface area contributed by atoms with Gasteiger partial charge in [-0.25, -0.2) is 13.9 Å². The van der Waals surface area contributed by atoms with Gasteiger partial charge in [0.05, 0.1) is 22.5 Å². The van der Waals surface area contributed by atoms with E-state index < -0.39 is 17.3 Å². The second kappa shape index (κ2) is 12.1. The van der Waals surface area contributed by atoms with Gasteiger partial charge in [-0.2, -0.15) is 5.10 Å². The molecular formula is C30H37ClFN5O4. The number of benzene rings is 1. The average Bonchev–Trinajstić information content (AvgIpc) is 3.35. The van der Waals surface area contributed by atoms with E-state index in [1.165, 1.54) is 12.1 Å². The number of halogens is 2. The Morgan fingerprint density at radius 3 is 2.51 bits per heavy atom. The molecule has 1 atom stereocenters. The first-order chi connectivity index (χ1) is 19.3. The van der Waals surface area contributed by atoms with E-state index in [-0.39, 0.29) is 40.8 Å². The van der Waals surface area contributed by atoms with Crippen LogP contribution >= 0.6 is 11.6 Å². The molecule has 3 aromatic rings. The Hall–Kier alpha value is -3.53. The van der Waals surface area contributed by atoms with Crippen LogP contribution in [0, 0.1) is 11.7 Å². The summed E-state index contributed by atoms with van der Waals surface area (Å²) in [7, 11) is 0. The van der Waals surface area contributed by atoms with Crippen LogP contribution < -0.4 is 0 Å². The Morgan fingerprint density at radius 1 is 1.17 bits per heavy atom. The number of amides is 2. The summed E-state index contributed by atoms with van der Waals surface area (Å²) in [6.07, 6.45) is 3.28. The fraction of sp³-hybridized carbons (Fsp3) is 0.500. The van der Waals surface area contributed by atoms with Gasteiger partial charge in [-0.05, 0) is 63.3 Å². The number of carboxylic acids is 1. The van der Waals surface area contributed by atoms with Crippen LogP contribution in [0.25, 0.3) is 16.9 Å². The molecule has 1 N–H and O–H groups in total. The smallest absolute Gasteiger partial charge is 0.303 e. The summed E-state index contributed by atoms with van der Waals surface area (Å²) in [5.41, 5.74) is 2.29. The second-order valence-electron chi connectivity index (χ2n) is 11.6. The Morgan fingerprint density at radius 2 is 1.90 bits per heavy atom. The standard InChI is InChI=1S/C30H37ClFN5O4/c1-6-19(8-7-9-26(38)39)28(40)35-12-13-36(30(4,5)17-35)29(41)25-16-37-27(33-25)21(18(2)3)15-24(34-37)20-10-11-23(32)22(31)14-20/h10-11,14-16,18-19H,6-9,12-13,17H2,1-5H3,(H,38,39). The third kappa shape index (κ3) is 6.53. The maximum absolute atomic E-state index is 13.8. The zero-order chi connectivity index (χ0) is 30.1. The van der Waals surface area contributed by atoms with Crippen LogP contribution in [0.4, 0.5) is 4.39 Å². The lowest BCUT2D eigenvalue weighted by atomic mass is 9.93. The van der Waals surface area contributed by atoms with Crippen molar-refractivity contribution in [2.45, 2.75) is 71.8 Å². The Kier molecular flexibility index (Phi) is 9.01. The van der Waals surface area contributed by atoms with E-state index in [0.717, 1.165) is 5.56 Å². The lowest BCUT2D eigenvalue weighted by Crippen LogP contribution is -2.62. The number of aromatic nitrogens is 3. The molecule has 220 valence electrons. The summed E-state index contributed by atoms with van der Waals surface area (Å²) in [4.78, 5) is 46.2. The predicted octanol–water partition coefficient (Wildman–Crippen LogP) is 5.66. The number of piperazine rings is 1. The fourth-order valence-electron chi connectivity index (χ4n) is 5.44. The van der Waals surface area contributed by atoms with Crippen molar-refractivity contribution in [1.29, 1.82) is 0 Å². The molecule has 4 rings (SSSR count). The molecule has 2 amide bonds. The molecule has 0 spiro atoms. The first-order valence-corrected chi connectivity index (χ1v) is 14.4. The molecule has 1 unspecified atom stereocenters. The normalized spacial score (nSPS) is 15.9. The van der Waals surface area contributed by atoms with Gasteiger partial charge in [0.25, 0.3) is 5.91 Å². The number of aliphatic carboxylic acids is 1. The van der Waals surface area contributed by atoms with Crippen LogP contribution in [0.3, 0.4) is 0 Å². The highest BCUT2D eigenvalue weighted by molar-refractivity contribution is 6.31. The van der Waals surface area contributed by atoms with Crippen molar-refractivity contribution >= 4 is 35.0 Å². The summed E-state index contributed by atoms with van der Waals surface area (Å²) in [5, 5.41) is 13.6. The number of rotatable bonds is 9. The minimum atomic E-state index is -0.862. The maximum Gasteiger partial charge on any atom is 0.303 e. The Balaban J connectivity index is 1.57. The number of carbonyl (C=O) groups is 3. The van der Waals surface area contributed by atoms with Crippen molar-refractivity contribution in [3.8, 4) is 11.3 Å². The first kappa shape index (κ1) is 30.4. The highest BCUT2D eigenvalue weighted by Gasteiger charge is 2.40. The van der Waals surface area contributed by atoms with Gasteiger partial charge in [0.2, 0.25) is 5.91 Å². The number of carbonyl (C=O) groups excluding carboxylic acids is 2. The van der Waals surface area contributed by atoms with Crippen molar-refractivity contribution in [2.24, 2.45) is 5.92 Å². The first-order valence-electron chi connectivity index (χ1n) is 14.0.